The average Bonchev–Trinajstić information content (AvgIpc) is 3.25. The molecule has 3 aromatic heterocycles. The summed E-state index contributed by atoms with van der Waals surface area (Å²) in [6.45, 7) is 4.18. The number of aliphatic hydroxyl groups is 2. The minimum absolute atomic E-state index is 0.0769. The van der Waals surface area contributed by atoms with Crippen molar-refractivity contribution in [1.82, 2.24) is 9.55 Å². The standard InChI is InChI=1S/C22H29N3O4S/c1-14(26)11-24(12-15(2)27)22-23-20-19(17-8-4-3-5-9-18(17)30-20)21(28)25(22)13-16-7-6-10-29-16/h6-7,10,14-15,26-27H,3-5,8-9,11-13H2,1-2H3. The van der Waals surface area contributed by atoms with Crippen LogP contribution < -0.4 is 10.5 Å². The summed E-state index contributed by atoms with van der Waals surface area (Å²) in [4.78, 5) is 22.4. The van der Waals surface area contributed by atoms with Crippen molar-refractivity contribution in [3.8, 4) is 0 Å². The third kappa shape index (κ3) is 4.31. The molecule has 1 aliphatic carbocycles. The van der Waals surface area contributed by atoms with Crippen LogP contribution in [0.15, 0.2) is 27.6 Å². The summed E-state index contributed by atoms with van der Waals surface area (Å²) in [7, 11) is 0. The van der Waals surface area contributed by atoms with E-state index < -0.39 is 12.2 Å². The minimum Gasteiger partial charge on any atom is -0.467 e. The fourth-order valence-electron chi connectivity index (χ4n) is 4.22. The van der Waals surface area contributed by atoms with Crippen molar-refractivity contribution in [3.63, 3.8) is 0 Å². The zero-order valence-corrected chi connectivity index (χ0v) is 18.3. The van der Waals surface area contributed by atoms with Crippen LogP contribution in [0.3, 0.4) is 0 Å². The third-order valence-corrected chi connectivity index (χ3v) is 6.64. The molecule has 0 radical (unpaired) electrons. The highest BCUT2D eigenvalue weighted by Gasteiger charge is 2.25. The van der Waals surface area contributed by atoms with Crippen LogP contribution in [-0.2, 0) is 19.4 Å². The summed E-state index contributed by atoms with van der Waals surface area (Å²) in [6, 6.07) is 3.63. The number of rotatable bonds is 7. The summed E-state index contributed by atoms with van der Waals surface area (Å²) in [6.07, 6.45) is 5.66. The monoisotopic (exact) mass is 431 g/mol. The number of anilines is 1. The van der Waals surface area contributed by atoms with Crippen molar-refractivity contribution < 1.29 is 14.6 Å². The predicted octanol–water partition coefficient (Wildman–Crippen LogP) is 2.94. The Kier molecular flexibility index (Phi) is 6.26. The van der Waals surface area contributed by atoms with Crippen LogP contribution in [0.5, 0.6) is 0 Å². The van der Waals surface area contributed by atoms with Gasteiger partial charge in [-0.25, -0.2) is 4.98 Å². The lowest BCUT2D eigenvalue weighted by molar-refractivity contribution is 0.177. The summed E-state index contributed by atoms with van der Waals surface area (Å²) < 4.78 is 7.14. The molecule has 2 N–H and O–H groups in total. The van der Waals surface area contributed by atoms with Crippen LogP contribution in [0, 0.1) is 0 Å². The molecule has 0 amide bonds. The van der Waals surface area contributed by atoms with Gasteiger partial charge in [-0.2, -0.15) is 0 Å². The first-order valence-corrected chi connectivity index (χ1v) is 11.4. The fraction of sp³-hybridized carbons (Fsp3) is 0.545. The Labute approximate surface area is 179 Å². The van der Waals surface area contributed by atoms with Crippen LogP contribution in [-0.4, -0.2) is 45.1 Å². The largest absolute Gasteiger partial charge is 0.467 e. The highest BCUT2D eigenvalue weighted by atomic mass is 32.1. The number of furan rings is 1. The Bertz CT molecular complexity index is 1040. The summed E-state index contributed by atoms with van der Waals surface area (Å²) in [5.74, 6) is 1.12. The van der Waals surface area contributed by atoms with Gasteiger partial charge < -0.3 is 19.5 Å². The van der Waals surface area contributed by atoms with Crippen molar-refractivity contribution in [1.29, 1.82) is 0 Å². The minimum atomic E-state index is -0.631. The van der Waals surface area contributed by atoms with Gasteiger partial charge in [0.1, 0.15) is 10.6 Å². The van der Waals surface area contributed by atoms with Gasteiger partial charge in [0.05, 0.1) is 30.4 Å². The summed E-state index contributed by atoms with van der Waals surface area (Å²) in [5.41, 5.74) is 1.08. The molecule has 2 unspecified atom stereocenters. The molecule has 3 heterocycles. The summed E-state index contributed by atoms with van der Waals surface area (Å²) in [5, 5.41) is 20.8. The Morgan fingerprint density at radius 1 is 1.20 bits per heavy atom. The number of aromatic nitrogens is 2. The smallest absolute Gasteiger partial charge is 0.264 e. The van der Waals surface area contributed by atoms with E-state index in [4.69, 9.17) is 9.40 Å². The van der Waals surface area contributed by atoms with E-state index in [0.29, 0.717) is 11.7 Å². The van der Waals surface area contributed by atoms with E-state index in [1.807, 2.05) is 6.07 Å². The van der Waals surface area contributed by atoms with Crippen LogP contribution in [0.4, 0.5) is 5.95 Å². The maximum absolute atomic E-state index is 13.7. The predicted molar refractivity (Wildman–Crippen MR) is 119 cm³/mol. The maximum atomic E-state index is 13.7. The van der Waals surface area contributed by atoms with Crippen molar-refractivity contribution in [2.75, 3.05) is 18.0 Å². The fourth-order valence-corrected chi connectivity index (χ4v) is 5.47. The van der Waals surface area contributed by atoms with Crippen molar-refractivity contribution >= 4 is 27.5 Å². The van der Waals surface area contributed by atoms with Crippen molar-refractivity contribution in [3.05, 3.63) is 45.0 Å². The van der Waals surface area contributed by atoms with Gasteiger partial charge in [0, 0.05) is 18.0 Å². The molecule has 7 nitrogen and oxygen atoms in total. The Hall–Kier alpha value is -2.16. The molecule has 8 heteroatoms. The van der Waals surface area contributed by atoms with Gasteiger partial charge in [-0.3, -0.25) is 9.36 Å². The SMILES string of the molecule is CC(O)CN(CC(C)O)c1nc2sc3c(c2c(=O)n1Cc1ccco1)CCCCC3. The Balaban J connectivity index is 1.91. The van der Waals surface area contributed by atoms with Crippen LogP contribution in [0.25, 0.3) is 10.2 Å². The highest BCUT2D eigenvalue weighted by molar-refractivity contribution is 7.18. The lowest BCUT2D eigenvalue weighted by Crippen LogP contribution is -2.41. The van der Waals surface area contributed by atoms with Gasteiger partial charge in [-0.1, -0.05) is 6.42 Å². The van der Waals surface area contributed by atoms with E-state index in [-0.39, 0.29) is 25.2 Å². The molecule has 0 fully saturated rings. The Morgan fingerprint density at radius 2 is 1.93 bits per heavy atom. The van der Waals surface area contributed by atoms with Crippen molar-refractivity contribution in [2.24, 2.45) is 0 Å². The first kappa shape index (κ1) is 21.1. The number of thiophene rings is 1. The van der Waals surface area contributed by atoms with E-state index in [2.05, 4.69) is 0 Å². The second kappa shape index (κ2) is 8.91. The van der Waals surface area contributed by atoms with Gasteiger partial charge in [0.15, 0.2) is 0 Å². The Morgan fingerprint density at radius 3 is 2.60 bits per heavy atom. The first-order valence-electron chi connectivity index (χ1n) is 10.6. The second-order valence-electron chi connectivity index (χ2n) is 8.23. The normalized spacial score (nSPS) is 16.3. The van der Waals surface area contributed by atoms with Gasteiger partial charge in [0.2, 0.25) is 5.95 Å². The number of aliphatic hydroxyl groups excluding tert-OH is 2. The lowest BCUT2D eigenvalue weighted by atomic mass is 10.1. The van der Waals surface area contributed by atoms with Gasteiger partial charge >= 0.3 is 0 Å². The molecule has 2 atom stereocenters. The lowest BCUT2D eigenvalue weighted by Gasteiger charge is -2.28. The van der Waals surface area contributed by atoms with E-state index in [1.54, 1.807) is 47.0 Å². The average molecular weight is 432 g/mol. The third-order valence-electron chi connectivity index (χ3n) is 5.45. The molecule has 0 bridgehead atoms. The molecular formula is C22H29N3O4S. The first-order chi connectivity index (χ1) is 14.4. The van der Waals surface area contributed by atoms with E-state index in [9.17, 15) is 15.0 Å². The van der Waals surface area contributed by atoms with E-state index in [0.717, 1.165) is 41.5 Å². The molecule has 0 aliphatic heterocycles. The molecule has 162 valence electrons. The number of aryl methyl sites for hydroxylation is 2. The molecule has 4 rings (SSSR count). The molecule has 30 heavy (non-hydrogen) atoms. The molecule has 1 aliphatic rings. The molecule has 0 saturated heterocycles. The van der Waals surface area contributed by atoms with E-state index >= 15 is 0 Å². The van der Waals surface area contributed by atoms with Crippen LogP contribution >= 0.6 is 11.3 Å². The topological polar surface area (TPSA) is 91.7 Å². The highest BCUT2D eigenvalue weighted by Crippen LogP contribution is 2.34. The molecule has 0 saturated carbocycles. The zero-order chi connectivity index (χ0) is 21.3. The van der Waals surface area contributed by atoms with E-state index in [1.165, 1.54) is 11.3 Å². The van der Waals surface area contributed by atoms with Gasteiger partial charge in [-0.05, 0) is 57.2 Å². The molecule has 0 aromatic carbocycles. The molecule has 3 aromatic rings. The summed E-state index contributed by atoms with van der Waals surface area (Å²) >= 11 is 1.61. The molecule has 0 spiro atoms. The van der Waals surface area contributed by atoms with Crippen LogP contribution in [0.2, 0.25) is 0 Å². The molecular weight excluding hydrogens is 402 g/mol. The van der Waals surface area contributed by atoms with Gasteiger partial charge in [-0.15, -0.1) is 11.3 Å². The number of nitrogens with zero attached hydrogens (tertiary/aromatic N) is 3. The maximum Gasteiger partial charge on any atom is 0.264 e. The quantitative estimate of drug-likeness (QED) is 0.559. The van der Waals surface area contributed by atoms with Crippen LogP contribution in [0.1, 0.15) is 49.3 Å². The number of hydrogen-bond acceptors (Lipinski definition) is 7. The number of fused-ring (bicyclic) bond motifs is 3. The zero-order valence-electron chi connectivity index (χ0n) is 17.5. The number of hydrogen-bond donors (Lipinski definition) is 2. The second-order valence-corrected chi connectivity index (χ2v) is 9.31. The van der Waals surface area contributed by atoms with Gasteiger partial charge in [0.25, 0.3) is 5.56 Å². The van der Waals surface area contributed by atoms with Crippen molar-refractivity contribution in [2.45, 2.75) is 64.7 Å².